The van der Waals surface area contributed by atoms with Crippen molar-refractivity contribution in [1.82, 2.24) is 0 Å². The van der Waals surface area contributed by atoms with Gasteiger partial charge in [-0.2, -0.15) is 0 Å². The summed E-state index contributed by atoms with van der Waals surface area (Å²) in [5.41, 5.74) is 2.02. The van der Waals surface area contributed by atoms with E-state index in [-0.39, 0.29) is 0 Å². The molecule has 0 aliphatic rings. The molecule has 0 radical (unpaired) electrons. The van der Waals surface area contributed by atoms with Crippen LogP contribution >= 0.6 is 27.5 Å². The molecule has 0 bridgehead atoms. The number of carboxylic acids is 1. The predicted molar refractivity (Wildman–Crippen MR) is 60.2 cm³/mol. The van der Waals surface area contributed by atoms with Crippen LogP contribution in [0.25, 0.3) is 0 Å². The zero-order valence-corrected chi connectivity index (χ0v) is 9.97. The number of aryl methyl sites for hydroxylation is 1. The van der Waals surface area contributed by atoms with Gasteiger partial charge in [0.25, 0.3) is 0 Å². The standard InChI is InChI=1S/C10H10BrClO2/c1-6-2-3-8(12)4-7(6)5-9(11)10(13)14/h2-4,9H,5H2,1H3,(H,13,14)/t9-/m0/s1. The van der Waals surface area contributed by atoms with E-state index in [1.165, 1.54) is 0 Å². The van der Waals surface area contributed by atoms with E-state index in [2.05, 4.69) is 15.9 Å². The van der Waals surface area contributed by atoms with Crippen LogP contribution in [0.2, 0.25) is 5.02 Å². The number of alkyl halides is 1. The SMILES string of the molecule is Cc1ccc(Cl)cc1C[C@H](Br)C(=O)O. The summed E-state index contributed by atoms with van der Waals surface area (Å²) in [5.74, 6) is -0.857. The molecule has 1 rings (SSSR count). The molecule has 1 N–H and O–H groups in total. The summed E-state index contributed by atoms with van der Waals surface area (Å²) >= 11 is 8.91. The molecule has 0 aliphatic heterocycles. The Morgan fingerprint density at radius 2 is 2.29 bits per heavy atom. The highest BCUT2D eigenvalue weighted by atomic mass is 79.9. The minimum atomic E-state index is -0.857. The molecule has 4 heteroatoms. The Hall–Kier alpha value is -0.540. The van der Waals surface area contributed by atoms with Crippen LogP contribution in [0.3, 0.4) is 0 Å². The second-order valence-electron chi connectivity index (χ2n) is 3.08. The van der Waals surface area contributed by atoms with E-state index in [9.17, 15) is 4.79 Å². The van der Waals surface area contributed by atoms with Crippen LogP contribution in [0.4, 0.5) is 0 Å². The van der Waals surface area contributed by atoms with E-state index in [0.717, 1.165) is 11.1 Å². The second-order valence-corrected chi connectivity index (χ2v) is 4.62. The minimum absolute atomic E-state index is 0.446. The van der Waals surface area contributed by atoms with Gasteiger partial charge in [0, 0.05) is 5.02 Å². The van der Waals surface area contributed by atoms with Gasteiger partial charge in [0.2, 0.25) is 0 Å². The van der Waals surface area contributed by atoms with Crippen LogP contribution in [0.15, 0.2) is 18.2 Å². The van der Waals surface area contributed by atoms with Crippen LogP contribution in [0.5, 0.6) is 0 Å². The highest BCUT2D eigenvalue weighted by Crippen LogP contribution is 2.19. The first-order valence-electron chi connectivity index (χ1n) is 4.12. The molecular weight excluding hydrogens is 267 g/mol. The highest BCUT2D eigenvalue weighted by molar-refractivity contribution is 9.10. The van der Waals surface area contributed by atoms with E-state index in [4.69, 9.17) is 16.7 Å². The summed E-state index contributed by atoms with van der Waals surface area (Å²) in [6.07, 6.45) is 0.446. The molecule has 1 atom stereocenters. The third kappa shape index (κ3) is 3.00. The first kappa shape index (κ1) is 11.5. The van der Waals surface area contributed by atoms with Crippen LogP contribution in [-0.4, -0.2) is 15.9 Å². The van der Waals surface area contributed by atoms with E-state index in [1.54, 1.807) is 12.1 Å². The number of aliphatic carboxylic acids is 1. The van der Waals surface area contributed by atoms with E-state index in [1.807, 2.05) is 13.0 Å². The predicted octanol–water partition coefficient (Wildman–Crippen LogP) is 3.04. The van der Waals surface area contributed by atoms with Crippen molar-refractivity contribution in [2.75, 3.05) is 0 Å². The average Bonchev–Trinajstić information content (AvgIpc) is 2.11. The van der Waals surface area contributed by atoms with Crippen molar-refractivity contribution in [1.29, 1.82) is 0 Å². The van der Waals surface area contributed by atoms with E-state index in [0.29, 0.717) is 11.4 Å². The zero-order chi connectivity index (χ0) is 10.7. The van der Waals surface area contributed by atoms with E-state index < -0.39 is 10.8 Å². The summed E-state index contributed by atoms with van der Waals surface area (Å²) in [7, 11) is 0. The van der Waals surface area contributed by atoms with Gasteiger partial charge in [-0.25, -0.2) is 0 Å². The Bertz CT molecular complexity index is 352. The number of benzene rings is 1. The van der Waals surface area contributed by atoms with Gasteiger partial charge in [-0.15, -0.1) is 0 Å². The number of hydrogen-bond donors (Lipinski definition) is 1. The van der Waals surface area contributed by atoms with Crippen molar-refractivity contribution in [2.24, 2.45) is 0 Å². The number of rotatable bonds is 3. The maximum atomic E-state index is 10.6. The van der Waals surface area contributed by atoms with E-state index >= 15 is 0 Å². The van der Waals surface area contributed by atoms with Crippen molar-refractivity contribution in [2.45, 2.75) is 18.2 Å². The summed E-state index contributed by atoms with van der Waals surface area (Å²) in [4.78, 5) is 10.1. The molecule has 2 nitrogen and oxygen atoms in total. The van der Waals surface area contributed by atoms with Crippen LogP contribution in [0.1, 0.15) is 11.1 Å². The lowest BCUT2D eigenvalue weighted by Gasteiger charge is -2.08. The molecule has 0 saturated carbocycles. The summed E-state index contributed by atoms with van der Waals surface area (Å²) in [6.45, 7) is 1.94. The molecular formula is C10H10BrClO2. The monoisotopic (exact) mass is 276 g/mol. The molecule has 0 spiro atoms. The Kier molecular flexibility index (Phi) is 3.96. The lowest BCUT2D eigenvalue weighted by atomic mass is 10.0. The van der Waals surface area contributed by atoms with Crippen LogP contribution in [0, 0.1) is 6.92 Å². The van der Waals surface area contributed by atoms with Crippen LogP contribution < -0.4 is 0 Å². The van der Waals surface area contributed by atoms with Gasteiger partial charge in [-0.3, -0.25) is 4.79 Å². The third-order valence-corrected chi connectivity index (χ3v) is 2.93. The molecule has 0 saturated heterocycles. The Morgan fingerprint density at radius 1 is 1.64 bits per heavy atom. The first-order valence-corrected chi connectivity index (χ1v) is 5.42. The van der Waals surface area contributed by atoms with Gasteiger partial charge in [-0.05, 0) is 36.6 Å². The molecule has 0 unspecified atom stereocenters. The highest BCUT2D eigenvalue weighted by Gasteiger charge is 2.14. The van der Waals surface area contributed by atoms with Gasteiger partial charge in [0.1, 0.15) is 4.83 Å². The minimum Gasteiger partial charge on any atom is -0.480 e. The number of halogens is 2. The lowest BCUT2D eigenvalue weighted by Crippen LogP contribution is -2.15. The van der Waals surface area contributed by atoms with Crippen molar-refractivity contribution in [3.8, 4) is 0 Å². The summed E-state index contributed by atoms with van der Waals surface area (Å²) in [6, 6.07) is 5.48. The van der Waals surface area contributed by atoms with Crippen LogP contribution in [-0.2, 0) is 11.2 Å². The molecule has 0 amide bonds. The topological polar surface area (TPSA) is 37.3 Å². The van der Waals surface area contributed by atoms with Crippen molar-refractivity contribution in [3.05, 3.63) is 34.3 Å². The fraction of sp³-hybridized carbons (Fsp3) is 0.300. The fourth-order valence-electron chi connectivity index (χ4n) is 1.14. The molecule has 1 aromatic rings. The normalized spacial score (nSPS) is 12.5. The molecule has 76 valence electrons. The summed E-state index contributed by atoms with van der Waals surface area (Å²) < 4.78 is 0. The van der Waals surface area contributed by atoms with Crippen molar-refractivity contribution < 1.29 is 9.90 Å². The summed E-state index contributed by atoms with van der Waals surface area (Å²) in [5, 5.41) is 9.36. The number of hydrogen-bond acceptors (Lipinski definition) is 1. The molecule has 1 aromatic carbocycles. The fourth-order valence-corrected chi connectivity index (χ4v) is 1.68. The Morgan fingerprint density at radius 3 is 2.86 bits per heavy atom. The molecule has 0 aromatic heterocycles. The largest absolute Gasteiger partial charge is 0.480 e. The Labute approximate surface area is 96.0 Å². The molecule has 0 aliphatic carbocycles. The Balaban J connectivity index is 2.85. The average molecular weight is 278 g/mol. The number of carbonyl (C=O) groups is 1. The van der Waals surface area contributed by atoms with Crippen molar-refractivity contribution in [3.63, 3.8) is 0 Å². The number of carboxylic acid groups (broad SMARTS) is 1. The maximum Gasteiger partial charge on any atom is 0.317 e. The smallest absolute Gasteiger partial charge is 0.317 e. The van der Waals surface area contributed by atoms with Gasteiger partial charge in [-0.1, -0.05) is 33.6 Å². The lowest BCUT2D eigenvalue weighted by molar-refractivity contribution is -0.136. The van der Waals surface area contributed by atoms with Gasteiger partial charge >= 0.3 is 5.97 Å². The van der Waals surface area contributed by atoms with Gasteiger partial charge < -0.3 is 5.11 Å². The molecule has 14 heavy (non-hydrogen) atoms. The first-order chi connectivity index (χ1) is 6.50. The van der Waals surface area contributed by atoms with Gasteiger partial charge in [0.15, 0.2) is 0 Å². The van der Waals surface area contributed by atoms with Gasteiger partial charge in [0.05, 0.1) is 0 Å². The molecule has 0 fully saturated rings. The maximum absolute atomic E-state index is 10.6. The molecule has 0 heterocycles. The quantitative estimate of drug-likeness (QED) is 0.862. The zero-order valence-electron chi connectivity index (χ0n) is 7.63. The van der Waals surface area contributed by atoms with Crippen molar-refractivity contribution >= 4 is 33.5 Å². The second kappa shape index (κ2) is 4.80. The third-order valence-electron chi connectivity index (χ3n) is 1.98.